The normalized spacial score (nSPS) is 18.9. The van der Waals surface area contributed by atoms with Gasteiger partial charge in [0.1, 0.15) is 5.60 Å². The summed E-state index contributed by atoms with van der Waals surface area (Å²) < 4.78 is 5.12. The summed E-state index contributed by atoms with van der Waals surface area (Å²) in [5, 5.41) is 9.10. The molecule has 1 fully saturated rings. The maximum atomic E-state index is 11.5. The minimum atomic E-state index is -0.578. The minimum absolute atomic E-state index is 0.0666. The Bertz CT molecular complexity index is 269. The zero-order valence-corrected chi connectivity index (χ0v) is 12.3. The largest absolute Gasteiger partial charge is 0.442 e. The maximum Gasteiger partial charge on any atom is 0.431 e. The highest BCUT2D eigenvalue weighted by atomic mass is 16.7. The van der Waals surface area contributed by atoms with Crippen molar-refractivity contribution in [2.75, 3.05) is 6.61 Å². The molecule has 1 rings (SSSR count). The molecule has 0 aromatic rings. The lowest BCUT2D eigenvalue weighted by Crippen LogP contribution is -2.38. The van der Waals surface area contributed by atoms with Gasteiger partial charge < -0.3 is 9.84 Å². The molecule has 0 aliphatic heterocycles. The summed E-state index contributed by atoms with van der Waals surface area (Å²) in [7, 11) is 0. The summed E-state index contributed by atoms with van der Waals surface area (Å²) in [6, 6.07) is 0. The zero-order chi connectivity index (χ0) is 14.3. The van der Waals surface area contributed by atoms with E-state index in [9.17, 15) is 4.79 Å². The summed E-state index contributed by atoms with van der Waals surface area (Å²) in [6.07, 6.45) is 5.69. The van der Waals surface area contributed by atoms with Gasteiger partial charge in [-0.1, -0.05) is 19.3 Å². The molecule has 0 spiro atoms. The van der Waals surface area contributed by atoms with Crippen molar-refractivity contribution in [3.63, 3.8) is 0 Å². The fourth-order valence-electron chi connectivity index (χ4n) is 2.45. The van der Waals surface area contributed by atoms with E-state index in [-0.39, 0.29) is 12.7 Å². The van der Waals surface area contributed by atoms with Gasteiger partial charge in [-0.3, -0.25) is 4.84 Å². The Labute approximate surface area is 115 Å². The van der Waals surface area contributed by atoms with Gasteiger partial charge in [-0.25, -0.2) is 4.79 Å². The Kier molecular flexibility index (Phi) is 6.58. The summed E-state index contributed by atoms with van der Waals surface area (Å²) in [5.41, 5.74) is 1.81. The second-order valence-corrected chi connectivity index (χ2v) is 6.17. The second kappa shape index (κ2) is 7.70. The van der Waals surface area contributed by atoms with Crippen LogP contribution >= 0.6 is 0 Å². The predicted octanol–water partition coefficient (Wildman–Crippen LogP) is 2.77. The van der Waals surface area contributed by atoms with Gasteiger partial charge >= 0.3 is 6.09 Å². The van der Waals surface area contributed by atoms with Crippen LogP contribution in [0.1, 0.15) is 59.3 Å². The van der Waals surface area contributed by atoms with E-state index in [1.54, 1.807) is 20.8 Å². The standard InChI is InChI=1S/C14H27NO4/c1-14(2,3)18-13(17)15-19-12(9-10-16)11-7-5-4-6-8-11/h11-12,16H,4-10H2,1-3H3,(H,15,17). The van der Waals surface area contributed by atoms with Gasteiger partial charge in [0.25, 0.3) is 0 Å². The van der Waals surface area contributed by atoms with Crippen molar-refractivity contribution in [3.8, 4) is 0 Å². The van der Waals surface area contributed by atoms with Gasteiger partial charge in [0.2, 0.25) is 0 Å². The lowest BCUT2D eigenvalue weighted by molar-refractivity contribution is -0.0762. The molecule has 1 unspecified atom stereocenters. The average Bonchev–Trinajstić information content (AvgIpc) is 2.33. The van der Waals surface area contributed by atoms with Gasteiger partial charge in [0, 0.05) is 6.61 Å². The van der Waals surface area contributed by atoms with Crippen LogP contribution in [-0.2, 0) is 9.57 Å². The lowest BCUT2D eigenvalue weighted by Gasteiger charge is -2.29. The molecule has 5 nitrogen and oxygen atoms in total. The molecule has 1 aliphatic carbocycles. The number of carbonyl (C=O) groups excluding carboxylic acids is 1. The first kappa shape index (κ1) is 16.2. The van der Waals surface area contributed by atoms with E-state index in [2.05, 4.69) is 5.48 Å². The first-order chi connectivity index (χ1) is 8.92. The molecule has 19 heavy (non-hydrogen) atoms. The third-order valence-corrected chi connectivity index (χ3v) is 3.28. The van der Waals surface area contributed by atoms with Crippen LogP contribution in [-0.4, -0.2) is 29.5 Å². The lowest BCUT2D eigenvalue weighted by atomic mass is 9.84. The van der Waals surface area contributed by atoms with E-state index in [1.807, 2.05) is 0 Å². The number of amides is 1. The number of ether oxygens (including phenoxy) is 1. The second-order valence-electron chi connectivity index (χ2n) is 6.17. The first-order valence-electron chi connectivity index (χ1n) is 7.18. The smallest absolute Gasteiger partial charge is 0.431 e. The van der Waals surface area contributed by atoms with Gasteiger partial charge in [-0.2, -0.15) is 5.48 Å². The van der Waals surface area contributed by atoms with Crippen molar-refractivity contribution in [1.82, 2.24) is 5.48 Å². The van der Waals surface area contributed by atoms with Crippen LogP contribution in [0.2, 0.25) is 0 Å². The highest BCUT2D eigenvalue weighted by molar-refractivity contribution is 5.66. The monoisotopic (exact) mass is 273 g/mol. The Morgan fingerprint density at radius 2 is 1.95 bits per heavy atom. The molecule has 1 amide bonds. The topological polar surface area (TPSA) is 67.8 Å². The molecule has 0 bridgehead atoms. The highest BCUT2D eigenvalue weighted by Crippen LogP contribution is 2.29. The Balaban J connectivity index is 2.38. The molecular weight excluding hydrogens is 246 g/mol. The van der Waals surface area contributed by atoms with Crippen LogP contribution in [0.5, 0.6) is 0 Å². The summed E-state index contributed by atoms with van der Waals surface area (Å²) >= 11 is 0. The number of aliphatic hydroxyl groups excluding tert-OH is 1. The highest BCUT2D eigenvalue weighted by Gasteiger charge is 2.26. The number of nitrogens with one attached hydrogen (secondary N) is 1. The van der Waals surface area contributed by atoms with E-state index in [0.29, 0.717) is 12.3 Å². The Hall–Kier alpha value is -0.810. The third kappa shape index (κ3) is 6.78. The van der Waals surface area contributed by atoms with Gasteiger partial charge in [0.05, 0.1) is 6.10 Å². The summed E-state index contributed by atoms with van der Waals surface area (Å²) in [5.74, 6) is 0.413. The molecule has 5 heteroatoms. The molecule has 2 N–H and O–H groups in total. The molecule has 1 aliphatic rings. The number of hydrogen-bond donors (Lipinski definition) is 2. The van der Waals surface area contributed by atoms with E-state index < -0.39 is 11.7 Å². The number of hydrogen-bond acceptors (Lipinski definition) is 4. The Morgan fingerprint density at radius 3 is 2.47 bits per heavy atom. The molecule has 0 heterocycles. The Morgan fingerprint density at radius 1 is 1.32 bits per heavy atom. The van der Waals surface area contributed by atoms with E-state index >= 15 is 0 Å². The zero-order valence-electron chi connectivity index (χ0n) is 12.3. The molecule has 112 valence electrons. The van der Waals surface area contributed by atoms with Crippen molar-refractivity contribution in [1.29, 1.82) is 0 Å². The van der Waals surface area contributed by atoms with Gasteiger partial charge in [-0.15, -0.1) is 0 Å². The van der Waals surface area contributed by atoms with Gasteiger partial charge in [0.15, 0.2) is 0 Å². The number of aliphatic hydroxyl groups is 1. The molecule has 1 atom stereocenters. The average molecular weight is 273 g/mol. The van der Waals surface area contributed by atoms with Crippen LogP contribution in [0.3, 0.4) is 0 Å². The van der Waals surface area contributed by atoms with Crippen LogP contribution in [0.15, 0.2) is 0 Å². The third-order valence-electron chi connectivity index (χ3n) is 3.28. The summed E-state index contributed by atoms with van der Waals surface area (Å²) in [6.45, 7) is 5.48. The molecule has 0 aromatic carbocycles. The van der Waals surface area contributed by atoms with Crippen molar-refractivity contribution < 1.29 is 19.5 Å². The van der Waals surface area contributed by atoms with Crippen LogP contribution in [0, 0.1) is 5.92 Å². The van der Waals surface area contributed by atoms with Crippen molar-refractivity contribution in [3.05, 3.63) is 0 Å². The number of hydroxylamine groups is 1. The molecule has 1 saturated carbocycles. The van der Waals surface area contributed by atoms with Crippen LogP contribution in [0.25, 0.3) is 0 Å². The first-order valence-corrected chi connectivity index (χ1v) is 7.18. The van der Waals surface area contributed by atoms with E-state index in [1.165, 1.54) is 19.3 Å². The van der Waals surface area contributed by atoms with Gasteiger partial charge in [-0.05, 0) is 46.0 Å². The van der Waals surface area contributed by atoms with E-state index in [0.717, 1.165) is 12.8 Å². The predicted molar refractivity (Wildman–Crippen MR) is 72.5 cm³/mol. The molecule has 0 saturated heterocycles. The minimum Gasteiger partial charge on any atom is -0.442 e. The molecule has 0 aromatic heterocycles. The fourth-order valence-corrected chi connectivity index (χ4v) is 2.45. The molecular formula is C14H27NO4. The number of rotatable bonds is 5. The maximum absolute atomic E-state index is 11.5. The molecule has 0 radical (unpaired) electrons. The van der Waals surface area contributed by atoms with Crippen LogP contribution in [0.4, 0.5) is 4.79 Å². The summed E-state index contributed by atoms with van der Waals surface area (Å²) in [4.78, 5) is 17.0. The van der Waals surface area contributed by atoms with Crippen LogP contribution < -0.4 is 5.48 Å². The van der Waals surface area contributed by atoms with Crippen molar-refractivity contribution >= 4 is 6.09 Å². The fraction of sp³-hybridized carbons (Fsp3) is 0.929. The van der Waals surface area contributed by atoms with Crippen molar-refractivity contribution in [2.45, 2.75) is 71.0 Å². The van der Waals surface area contributed by atoms with Crippen molar-refractivity contribution in [2.24, 2.45) is 5.92 Å². The quantitative estimate of drug-likeness (QED) is 0.756. The SMILES string of the molecule is CC(C)(C)OC(=O)NOC(CCO)C1CCCCC1. The van der Waals surface area contributed by atoms with E-state index in [4.69, 9.17) is 14.7 Å². The number of carbonyl (C=O) groups is 1.